The van der Waals surface area contributed by atoms with Crippen LogP contribution in [-0.4, -0.2) is 11.2 Å². The Labute approximate surface area is 99.6 Å². The molecule has 0 saturated heterocycles. The van der Waals surface area contributed by atoms with Crippen molar-refractivity contribution in [3.63, 3.8) is 0 Å². The van der Waals surface area contributed by atoms with E-state index in [0.29, 0.717) is 5.41 Å². The van der Waals surface area contributed by atoms with E-state index >= 15 is 0 Å². The number of hydrogen-bond acceptors (Lipinski definition) is 1. The number of hydrogen-bond donors (Lipinski definition) is 1. The van der Waals surface area contributed by atoms with Crippen LogP contribution in [0.15, 0.2) is 0 Å². The summed E-state index contributed by atoms with van der Waals surface area (Å²) in [5.74, 6) is 1.65. The van der Waals surface area contributed by atoms with Gasteiger partial charge in [-0.25, -0.2) is 0 Å². The Morgan fingerprint density at radius 1 is 1.06 bits per heavy atom. The van der Waals surface area contributed by atoms with Crippen LogP contribution in [0.1, 0.15) is 59.8 Å². The summed E-state index contributed by atoms with van der Waals surface area (Å²) >= 11 is 0. The van der Waals surface area contributed by atoms with E-state index in [2.05, 4.69) is 27.7 Å². The van der Waals surface area contributed by atoms with Gasteiger partial charge in [0.25, 0.3) is 0 Å². The minimum absolute atomic E-state index is 0.0917. The van der Waals surface area contributed by atoms with Crippen molar-refractivity contribution in [2.24, 2.45) is 28.1 Å². The molecule has 3 aliphatic rings. The average Bonchev–Trinajstić information content (AvgIpc) is 2.69. The molecule has 1 N–H and O–H groups in total. The molecule has 3 rings (SSSR count). The van der Waals surface area contributed by atoms with Crippen LogP contribution >= 0.6 is 0 Å². The molecule has 0 radical (unpaired) electrons. The molecule has 3 aliphatic carbocycles. The molecular weight excluding hydrogens is 196 g/mol. The smallest absolute Gasteiger partial charge is 0.0647 e. The Balaban J connectivity index is 2.10. The molecule has 0 aromatic heterocycles. The van der Waals surface area contributed by atoms with Gasteiger partial charge in [0, 0.05) is 0 Å². The summed E-state index contributed by atoms with van der Waals surface area (Å²) in [4.78, 5) is 0. The highest BCUT2D eigenvalue weighted by Gasteiger charge is 2.67. The van der Waals surface area contributed by atoms with Crippen LogP contribution in [0.3, 0.4) is 0 Å². The van der Waals surface area contributed by atoms with Crippen LogP contribution in [-0.2, 0) is 0 Å². The zero-order valence-electron chi connectivity index (χ0n) is 11.2. The van der Waals surface area contributed by atoms with E-state index in [1.54, 1.807) is 0 Å². The Morgan fingerprint density at radius 2 is 1.75 bits per heavy atom. The third kappa shape index (κ3) is 1.02. The number of aliphatic hydroxyl groups excluding tert-OH is 1. The van der Waals surface area contributed by atoms with Crippen LogP contribution in [0.4, 0.5) is 0 Å². The monoisotopic (exact) mass is 222 g/mol. The van der Waals surface area contributed by atoms with E-state index in [4.69, 9.17) is 0 Å². The number of aliphatic hydroxyl groups is 1. The number of fused-ring (bicyclic) bond motifs is 1. The van der Waals surface area contributed by atoms with Crippen molar-refractivity contribution in [1.82, 2.24) is 0 Å². The summed E-state index contributed by atoms with van der Waals surface area (Å²) in [5.41, 5.74) is 0.921. The second-order valence-electron chi connectivity index (χ2n) is 7.82. The van der Waals surface area contributed by atoms with Gasteiger partial charge in [-0.2, -0.15) is 0 Å². The molecule has 3 saturated carbocycles. The second kappa shape index (κ2) is 2.85. The van der Waals surface area contributed by atoms with E-state index in [1.165, 1.54) is 32.1 Å². The first-order chi connectivity index (χ1) is 7.33. The van der Waals surface area contributed by atoms with Gasteiger partial charge in [0.1, 0.15) is 0 Å². The predicted octanol–water partition coefficient (Wildman–Crippen LogP) is 3.61. The SMILES string of the molecule is CC1CC[C@H]2C(C)(C)[C@@H](O)[C@@]3(C)CC[C@@]12C3. The fourth-order valence-corrected chi connectivity index (χ4v) is 5.93. The lowest BCUT2D eigenvalue weighted by Crippen LogP contribution is -2.54. The van der Waals surface area contributed by atoms with E-state index in [0.717, 1.165) is 11.8 Å². The largest absolute Gasteiger partial charge is 0.392 e. The Morgan fingerprint density at radius 3 is 2.44 bits per heavy atom. The first kappa shape index (κ1) is 11.1. The molecule has 0 aromatic rings. The van der Waals surface area contributed by atoms with Gasteiger partial charge in [0.2, 0.25) is 0 Å². The molecule has 2 bridgehead atoms. The minimum Gasteiger partial charge on any atom is -0.392 e. The van der Waals surface area contributed by atoms with E-state index in [9.17, 15) is 5.11 Å². The first-order valence-corrected chi connectivity index (χ1v) is 7.01. The lowest BCUT2D eigenvalue weighted by molar-refractivity contribution is -0.138. The third-order valence-corrected chi connectivity index (χ3v) is 6.72. The quantitative estimate of drug-likeness (QED) is 0.664. The Bertz CT molecular complexity index is 321. The molecule has 5 atom stereocenters. The van der Waals surface area contributed by atoms with E-state index in [1.807, 2.05) is 0 Å². The van der Waals surface area contributed by atoms with Crippen LogP contribution in [0.5, 0.6) is 0 Å². The maximum atomic E-state index is 10.7. The van der Waals surface area contributed by atoms with Crippen molar-refractivity contribution in [2.45, 2.75) is 65.9 Å². The van der Waals surface area contributed by atoms with Gasteiger partial charge >= 0.3 is 0 Å². The molecule has 0 aliphatic heterocycles. The summed E-state index contributed by atoms with van der Waals surface area (Å²) in [6.07, 6.45) is 6.55. The highest BCUT2D eigenvalue weighted by Crippen LogP contribution is 2.72. The molecule has 0 amide bonds. The molecule has 3 fully saturated rings. The predicted molar refractivity (Wildman–Crippen MR) is 66.1 cm³/mol. The number of rotatable bonds is 0. The topological polar surface area (TPSA) is 20.2 Å². The summed E-state index contributed by atoms with van der Waals surface area (Å²) in [6.45, 7) is 9.42. The zero-order chi connectivity index (χ0) is 11.8. The standard InChI is InChI=1S/C15H26O/c1-10-5-6-11-13(2,3)12(16)14(4)7-8-15(10,11)9-14/h10-12,16H,5-9H2,1-4H3/t10?,11-,12+,14-,15+/m0/s1. The van der Waals surface area contributed by atoms with Crippen molar-refractivity contribution in [2.75, 3.05) is 0 Å². The molecule has 1 heteroatoms. The van der Waals surface area contributed by atoms with Crippen LogP contribution in [0, 0.1) is 28.1 Å². The third-order valence-electron chi connectivity index (χ3n) is 6.72. The van der Waals surface area contributed by atoms with Gasteiger partial charge in [0.05, 0.1) is 6.10 Å². The normalized spacial score (nSPS) is 58.7. The van der Waals surface area contributed by atoms with Gasteiger partial charge in [0.15, 0.2) is 0 Å². The van der Waals surface area contributed by atoms with Gasteiger partial charge in [-0.15, -0.1) is 0 Å². The molecular formula is C15H26O. The Hall–Kier alpha value is -0.0400. The summed E-state index contributed by atoms with van der Waals surface area (Å²) < 4.78 is 0. The lowest BCUT2D eigenvalue weighted by Gasteiger charge is -2.55. The first-order valence-electron chi connectivity index (χ1n) is 7.01. The minimum atomic E-state index is -0.0917. The Kier molecular flexibility index (Phi) is 1.98. The van der Waals surface area contributed by atoms with Crippen molar-refractivity contribution in [1.29, 1.82) is 0 Å². The maximum absolute atomic E-state index is 10.7. The van der Waals surface area contributed by atoms with E-state index < -0.39 is 0 Å². The van der Waals surface area contributed by atoms with Crippen LogP contribution in [0.2, 0.25) is 0 Å². The molecule has 92 valence electrons. The fraction of sp³-hybridized carbons (Fsp3) is 1.00. The summed E-state index contributed by atoms with van der Waals surface area (Å²) in [6, 6.07) is 0. The average molecular weight is 222 g/mol. The van der Waals surface area contributed by atoms with Gasteiger partial charge in [-0.05, 0) is 60.2 Å². The van der Waals surface area contributed by atoms with E-state index in [-0.39, 0.29) is 16.9 Å². The lowest BCUT2D eigenvalue weighted by atomic mass is 9.51. The molecule has 0 aromatic carbocycles. The molecule has 1 nitrogen and oxygen atoms in total. The highest BCUT2D eigenvalue weighted by atomic mass is 16.3. The van der Waals surface area contributed by atoms with Gasteiger partial charge in [-0.3, -0.25) is 0 Å². The molecule has 1 unspecified atom stereocenters. The van der Waals surface area contributed by atoms with Crippen molar-refractivity contribution in [3.05, 3.63) is 0 Å². The van der Waals surface area contributed by atoms with Crippen LogP contribution in [0.25, 0.3) is 0 Å². The maximum Gasteiger partial charge on any atom is 0.0647 e. The molecule has 16 heavy (non-hydrogen) atoms. The zero-order valence-corrected chi connectivity index (χ0v) is 11.2. The van der Waals surface area contributed by atoms with Gasteiger partial charge < -0.3 is 5.11 Å². The van der Waals surface area contributed by atoms with Crippen LogP contribution < -0.4 is 0 Å². The fourth-order valence-electron chi connectivity index (χ4n) is 5.93. The summed E-state index contributed by atoms with van der Waals surface area (Å²) in [5, 5.41) is 10.7. The van der Waals surface area contributed by atoms with Crippen molar-refractivity contribution in [3.8, 4) is 0 Å². The van der Waals surface area contributed by atoms with Crippen molar-refractivity contribution >= 4 is 0 Å². The van der Waals surface area contributed by atoms with Gasteiger partial charge in [-0.1, -0.05) is 27.7 Å². The van der Waals surface area contributed by atoms with Crippen molar-refractivity contribution < 1.29 is 5.11 Å². The molecule has 0 heterocycles. The summed E-state index contributed by atoms with van der Waals surface area (Å²) in [7, 11) is 0. The highest BCUT2D eigenvalue weighted by molar-refractivity contribution is 5.16. The molecule has 1 spiro atoms. The second-order valence-corrected chi connectivity index (χ2v) is 7.82.